The quantitative estimate of drug-likeness (QED) is 0.318. The van der Waals surface area contributed by atoms with Crippen LogP contribution in [-0.4, -0.2) is 68.7 Å². The Morgan fingerprint density at radius 1 is 1.15 bits per heavy atom. The second-order valence-corrected chi connectivity index (χ2v) is 8.43. The predicted molar refractivity (Wildman–Crippen MR) is 103 cm³/mol. The highest BCUT2D eigenvalue weighted by Crippen LogP contribution is 2.24. The Morgan fingerprint density at radius 3 is 2.26 bits per heavy atom. The second kappa shape index (κ2) is 10.0. The molecule has 0 N–H and O–H groups in total. The topological polar surface area (TPSA) is 94.9 Å². The summed E-state index contributed by atoms with van der Waals surface area (Å²) in [6, 6.07) is 0. The second-order valence-electron chi connectivity index (χ2n) is 6.17. The fourth-order valence-corrected chi connectivity index (χ4v) is 4.27. The molecule has 0 aromatic carbocycles. The normalized spacial score (nSPS) is 11.8. The molecule has 8 nitrogen and oxygen atoms in total. The van der Waals surface area contributed by atoms with Gasteiger partial charge in [-0.2, -0.15) is 4.31 Å². The van der Waals surface area contributed by atoms with Crippen LogP contribution in [0.15, 0.2) is 0 Å². The number of Topliss-reactive ketones (excluding diaryl/α,β-unsaturated/α-hetero) is 1. The molecule has 0 atom stereocenters. The monoisotopic (exact) mass is 402 g/mol. The number of rotatable bonds is 11. The summed E-state index contributed by atoms with van der Waals surface area (Å²) in [5.41, 5.74) is 1.84. The highest BCUT2D eigenvalue weighted by Gasteiger charge is 2.29. The van der Waals surface area contributed by atoms with Crippen molar-refractivity contribution in [3.8, 4) is 0 Å². The fourth-order valence-electron chi connectivity index (χ4n) is 3.18. The van der Waals surface area contributed by atoms with Crippen LogP contribution in [0.25, 0.3) is 0 Å². The van der Waals surface area contributed by atoms with Crippen molar-refractivity contribution in [3.05, 3.63) is 22.5 Å². The molecule has 0 bridgehead atoms. The van der Waals surface area contributed by atoms with E-state index in [1.165, 1.54) is 11.4 Å². The van der Waals surface area contributed by atoms with Crippen molar-refractivity contribution in [2.45, 2.75) is 40.7 Å². The van der Waals surface area contributed by atoms with E-state index in [2.05, 4.69) is 0 Å². The first-order valence-corrected chi connectivity index (χ1v) is 10.5. The van der Waals surface area contributed by atoms with Crippen LogP contribution in [0.5, 0.6) is 0 Å². The summed E-state index contributed by atoms with van der Waals surface area (Å²) < 4.78 is 37.5. The van der Waals surface area contributed by atoms with Crippen molar-refractivity contribution >= 4 is 21.8 Å². The van der Waals surface area contributed by atoms with Crippen LogP contribution >= 0.6 is 0 Å². The van der Waals surface area contributed by atoms with Gasteiger partial charge < -0.3 is 14.0 Å². The van der Waals surface area contributed by atoms with E-state index in [9.17, 15) is 18.0 Å². The van der Waals surface area contributed by atoms with E-state index < -0.39 is 16.0 Å². The van der Waals surface area contributed by atoms with Crippen LogP contribution in [0.4, 0.5) is 0 Å². The van der Waals surface area contributed by atoms with Crippen LogP contribution < -0.4 is 0 Å². The lowest BCUT2D eigenvalue weighted by molar-refractivity contribution is 0.0587. The Hall–Kier alpha value is -1.71. The molecule has 27 heavy (non-hydrogen) atoms. The zero-order valence-corrected chi connectivity index (χ0v) is 17.8. The van der Waals surface area contributed by atoms with Crippen molar-refractivity contribution in [1.82, 2.24) is 8.87 Å². The number of carbonyl (C=O) groups excluding carboxylic acids is 2. The van der Waals surface area contributed by atoms with E-state index in [-0.39, 0.29) is 24.6 Å². The molecule has 0 saturated heterocycles. The molecule has 1 aromatic heterocycles. The summed E-state index contributed by atoms with van der Waals surface area (Å²) in [6.45, 7) is 7.67. The fraction of sp³-hybridized carbons (Fsp3) is 0.667. The molecule has 0 amide bonds. The zero-order valence-electron chi connectivity index (χ0n) is 17.0. The van der Waals surface area contributed by atoms with E-state index in [0.29, 0.717) is 42.1 Å². The number of ketones is 1. The molecular weight excluding hydrogens is 372 g/mol. The van der Waals surface area contributed by atoms with Gasteiger partial charge in [0, 0.05) is 38.1 Å². The van der Waals surface area contributed by atoms with E-state index in [1.54, 1.807) is 32.4 Å². The average Bonchev–Trinajstić information content (AvgIpc) is 2.89. The van der Waals surface area contributed by atoms with Crippen LogP contribution in [0.1, 0.15) is 52.4 Å². The minimum Gasteiger partial charge on any atom is -0.464 e. The number of esters is 1. The summed E-state index contributed by atoms with van der Waals surface area (Å²) in [6.07, 6.45) is 0.490. The van der Waals surface area contributed by atoms with Crippen molar-refractivity contribution in [1.29, 1.82) is 0 Å². The van der Waals surface area contributed by atoms with Gasteiger partial charge in [0.15, 0.2) is 5.78 Å². The van der Waals surface area contributed by atoms with Gasteiger partial charge in [0.2, 0.25) is 10.0 Å². The lowest BCUT2D eigenvalue weighted by Gasteiger charge is -2.20. The van der Waals surface area contributed by atoms with Crippen LogP contribution in [-0.2, 0) is 26.0 Å². The lowest BCUT2D eigenvalue weighted by Crippen LogP contribution is -2.38. The summed E-state index contributed by atoms with van der Waals surface area (Å²) in [7, 11) is -0.712. The van der Waals surface area contributed by atoms with Crippen LogP contribution in [0.2, 0.25) is 0 Å². The number of hydrogen-bond acceptors (Lipinski definition) is 6. The van der Waals surface area contributed by atoms with Crippen molar-refractivity contribution in [2.24, 2.45) is 0 Å². The maximum Gasteiger partial charge on any atom is 0.354 e. The molecule has 0 saturated carbocycles. The summed E-state index contributed by atoms with van der Waals surface area (Å²) in [5, 5.41) is 0. The van der Waals surface area contributed by atoms with Gasteiger partial charge in [0.25, 0.3) is 0 Å². The van der Waals surface area contributed by atoms with Gasteiger partial charge in [-0.15, -0.1) is 0 Å². The molecule has 0 radical (unpaired) electrons. The largest absolute Gasteiger partial charge is 0.464 e. The van der Waals surface area contributed by atoms with Crippen molar-refractivity contribution in [2.75, 3.05) is 39.7 Å². The summed E-state index contributed by atoms with van der Waals surface area (Å²) >= 11 is 0. The third kappa shape index (κ3) is 5.18. The van der Waals surface area contributed by atoms with E-state index in [0.717, 1.165) is 0 Å². The number of hydrogen-bond donors (Lipinski definition) is 0. The maximum absolute atomic E-state index is 13.0. The highest BCUT2D eigenvalue weighted by molar-refractivity contribution is 7.89. The third-order valence-corrected chi connectivity index (χ3v) is 6.40. The molecule has 0 aliphatic heterocycles. The van der Waals surface area contributed by atoms with Gasteiger partial charge in [-0.05, 0) is 39.7 Å². The first-order valence-electron chi connectivity index (χ1n) is 8.94. The Morgan fingerprint density at radius 2 is 1.78 bits per heavy atom. The number of ether oxygens (including phenoxy) is 2. The number of nitrogens with zero attached hydrogens (tertiary/aromatic N) is 2. The van der Waals surface area contributed by atoms with E-state index in [4.69, 9.17) is 9.47 Å². The molecule has 0 spiro atoms. The number of aromatic nitrogens is 1. The first-order chi connectivity index (χ1) is 12.7. The molecule has 154 valence electrons. The third-order valence-electron chi connectivity index (χ3n) is 4.57. The van der Waals surface area contributed by atoms with Crippen molar-refractivity contribution in [3.63, 3.8) is 0 Å². The molecule has 0 aliphatic rings. The van der Waals surface area contributed by atoms with Crippen molar-refractivity contribution < 1.29 is 27.5 Å². The van der Waals surface area contributed by atoms with Crippen LogP contribution in [0, 0.1) is 13.8 Å². The Kier molecular flexibility index (Phi) is 8.64. The molecule has 1 rings (SSSR count). The van der Waals surface area contributed by atoms with Gasteiger partial charge in [0.1, 0.15) is 5.69 Å². The molecule has 0 unspecified atom stereocenters. The lowest BCUT2D eigenvalue weighted by atomic mass is 10.1. The van der Waals surface area contributed by atoms with Gasteiger partial charge in [-0.25, -0.2) is 13.2 Å². The Bertz CT molecular complexity index is 782. The van der Waals surface area contributed by atoms with Gasteiger partial charge in [0.05, 0.1) is 19.4 Å². The SMILES string of the molecule is CCn1c(C)c(C(=O)CN(CCCOC)S(=O)(=O)CC)c(C)c1C(=O)OC. The maximum atomic E-state index is 13.0. The predicted octanol–water partition coefficient (Wildman–Crippen LogP) is 1.78. The summed E-state index contributed by atoms with van der Waals surface area (Å²) in [4.78, 5) is 25.1. The molecule has 9 heteroatoms. The molecule has 1 aromatic rings. The van der Waals surface area contributed by atoms with Gasteiger partial charge in [-0.3, -0.25) is 4.79 Å². The molecular formula is C18H30N2O6S. The number of sulfonamides is 1. The minimum absolute atomic E-state index is 0.0887. The Balaban J connectivity index is 3.27. The molecule has 1 heterocycles. The van der Waals surface area contributed by atoms with Gasteiger partial charge >= 0.3 is 5.97 Å². The number of methoxy groups -OCH3 is 2. The minimum atomic E-state index is -3.54. The standard InChI is InChI=1S/C18H30N2O6S/c1-7-20-14(4)16(13(3)17(20)18(22)26-6)15(21)12-19(10-9-11-25-5)27(23,24)8-2/h7-12H2,1-6H3. The zero-order chi connectivity index (χ0) is 20.8. The first kappa shape index (κ1) is 23.3. The number of carbonyl (C=O) groups is 2. The molecule has 0 fully saturated rings. The Labute approximate surface area is 161 Å². The average molecular weight is 403 g/mol. The van der Waals surface area contributed by atoms with E-state index >= 15 is 0 Å². The van der Waals surface area contributed by atoms with E-state index in [1.807, 2.05) is 6.92 Å². The highest BCUT2D eigenvalue weighted by atomic mass is 32.2. The molecule has 0 aliphatic carbocycles. The summed E-state index contributed by atoms with van der Waals surface area (Å²) in [5.74, 6) is -0.944. The smallest absolute Gasteiger partial charge is 0.354 e. The van der Waals surface area contributed by atoms with Crippen LogP contribution in [0.3, 0.4) is 0 Å². The van der Waals surface area contributed by atoms with Gasteiger partial charge in [-0.1, -0.05) is 0 Å².